The van der Waals surface area contributed by atoms with Crippen LogP contribution in [0.3, 0.4) is 0 Å². The van der Waals surface area contributed by atoms with E-state index in [9.17, 15) is 8.42 Å². The van der Waals surface area contributed by atoms with Gasteiger partial charge in [-0.15, -0.1) is 0 Å². The molecule has 1 aromatic carbocycles. The minimum absolute atomic E-state index is 0.539. The number of nitrogens with zero attached hydrogens (tertiary/aromatic N) is 1. The van der Waals surface area contributed by atoms with Crippen molar-refractivity contribution in [2.75, 3.05) is 25.9 Å². The zero-order valence-corrected chi connectivity index (χ0v) is 13.5. The molecule has 0 atom stereocenters. The molecule has 0 aliphatic rings. The first-order chi connectivity index (χ1) is 9.47. The molecule has 1 rings (SSSR count). The van der Waals surface area contributed by atoms with Gasteiger partial charge in [0.15, 0.2) is 0 Å². The third kappa shape index (κ3) is 6.03. The van der Waals surface area contributed by atoms with Gasteiger partial charge in [0.25, 0.3) is 0 Å². The van der Waals surface area contributed by atoms with Gasteiger partial charge in [0.1, 0.15) is 0 Å². The standard InChI is InChI=1S/C15H26N2O2S/c1-4-14-7-9-15(10-8-14)13-16-11-6-12-17(5-2)20(3,18)19/h7-10,16H,4-6,11-13H2,1-3H3. The van der Waals surface area contributed by atoms with Crippen molar-refractivity contribution in [3.05, 3.63) is 35.4 Å². The molecule has 0 amide bonds. The molecule has 0 heterocycles. The van der Waals surface area contributed by atoms with Gasteiger partial charge in [-0.3, -0.25) is 0 Å². The molecule has 114 valence electrons. The molecule has 4 nitrogen and oxygen atoms in total. The lowest BCUT2D eigenvalue weighted by Gasteiger charge is -2.17. The number of hydrogen-bond donors (Lipinski definition) is 1. The lowest BCUT2D eigenvalue weighted by atomic mass is 10.1. The highest BCUT2D eigenvalue weighted by Gasteiger charge is 2.12. The van der Waals surface area contributed by atoms with Gasteiger partial charge in [-0.05, 0) is 30.5 Å². The Hall–Kier alpha value is -0.910. The second-order valence-corrected chi connectivity index (χ2v) is 6.94. The Balaban J connectivity index is 2.24. The summed E-state index contributed by atoms with van der Waals surface area (Å²) in [6.45, 7) is 6.78. The van der Waals surface area contributed by atoms with Gasteiger partial charge in [0, 0.05) is 19.6 Å². The van der Waals surface area contributed by atoms with Crippen LogP contribution in [-0.2, 0) is 23.0 Å². The lowest BCUT2D eigenvalue weighted by molar-refractivity contribution is 0.419. The number of rotatable bonds is 9. The van der Waals surface area contributed by atoms with E-state index in [0.29, 0.717) is 13.1 Å². The van der Waals surface area contributed by atoms with E-state index >= 15 is 0 Å². The Kier molecular flexibility index (Phi) is 7.19. The van der Waals surface area contributed by atoms with Crippen LogP contribution in [0.5, 0.6) is 0 Å². The monoisotopic (exact) mass is 298 g/mol. The maximum atomic E-state index is 11.4. The molecule has 0 unspecified atom stereocenters. The van der Waals surface area contributed by atoms with Crippen LogP contribution in [0.15, 0.2) is 24.3 Å². The van der Waals surface area contributed by atoms with E-state index in [-0.39, 0.29) is 0 Å². The van der Waals surface area contributed by atoms with Crippen molar-refractivity contribution in [3.8, 4) is 0 Å². The highest BCUT2D eigenvalue weighted by atomic mass is 32.2. The zero-order chi connectivity index (χ0) is 15.0. The normalized spacial score (nSPS) is 12.0. The van der Waals surface area contributed by atoms with E-state index in [1.165, 1.54) is 21.7 Å². The first-order valence-corrected chi connectivity index (χ1v) is 9.05. The zero-order valence-electron chi connectivity index (χ0n) is 12.7. The van der Waals surface area contributed by atoms with E-state index in [0.717, 1.165) is 25.9 Å². The molecule has 0 bridgehead atoms. The predicted octanol–water partition coefficient (Wildman–Crippen LogP) is 2.01. The van der Waals surface area contributed by atoms with E-state index in [2.05, 4.69) is 36.5 Å². The van der Waals surface area contributed by atoms with Crippen molar-refractivity contribution in [1.82, 2.24) is 9.62 Å². The van der Waals surface area contributed by atoms with Crippen molar-refractivity contribution in [3.63, 3.8) is 0 Å². The van der Waals surface area contributed by atoms with E-state index in [1.54, 1.807) is 0 Å². The molecule has 20 heavy (non-hydrogen) atoms. The SMILES string of the molecule is CCc1ccc(CNCCCN(CC)S(C)(=O)=O)cc1. The van der Waals surface area contributed by atoms with Crippen LogP contribution < -0.4 is 5.32 Å². The van der Waals surface area contributed by atoms with Gasteiger partial charge in [0.05, 0.1) is 6.26 Å². The van der Waals surface area contributed by atoms with Gasteiger partial charge < -0.3 is 5.32 Å². The molecule has 0 saturated heterocycles. The summed E-state index contributed by atoms with van der Waals surface area (Å²) in [7, 11) is -3.06. The molecule has 1 N–H and O–H groups in total. The molecule has 0 aromatic heterocycles. The number of sulfonamides is 1. The number of benzene rings is 1. The molecule has 0 saturated carbocycles. The fourth-order valence-corrected chi connectivity index (χ4v) is 2.99. The topological polar surface area (TPSA) is 49.4 Å². The Morgan fingerprint density at radius 3 is 2.20 bits per heavy atom. The van der Waals surface area contributed by atoms with Gasteiger partial charge in [0.2, 0.25) is 10.0 Å². The highest BCUT2D eigenvalue weighted by Crippen LogP contribution is 2.04. The lowest BCUT2D eigenvalue weighted by Crippen LogP contribution is -2.32. The minimum Gasteiger partial charge on any atom is -0.313 e. The van der Waals surface area contributed by atoms with Crippen LogP contribution >= 0.6 is 0 Å². The molecule has 0 spiro atoms. The summed E-state index contributed by atoms with van der Waals surface area (Å²) < 4.78 is 24.3. The maximum absolute atomic E-state index is 11.4. The molecule has 0 aliphatic heterocycles. The van der Waals surface area contributed by atoms with Crippen molar-refractivity contribution >= 4 is 10.0 Å². The highest BCUT2D eigenvalue weighted by molar-refractivity contribution is 7.88. The summed E-state index contributed by atoms with van der Waals surface area (Å²) >= 11 is 0. The largest absolute Gasteiger partial charge is 0.313 e. The van der Waals surface area contributed by atoms with Crippen LogP contribution in [0, 0.1) is 0 Å². The van der Waals surface area contributed by atoms with E-state index < -0.39 is 10.0 Å². The second-order valence-electron chi connectivity index (χ2n) is 4.96. The summed E-state index contributed by atoms with van der Waals surface area (Å²) in [6.07, 6.45) is 3.15. The molecule has 0 fully saturated rings. The smallest absolute Gasteiger partial charge is 0.211 e. The predicted molar refractivity (Wildman–Crippen MR) is 84.2 cm³/mol. The summed E-state index contributed by atoms with van der Waals surface area (Å²) in [6, 6.07) is 8.58. The molecule has 0 aliphatic carbocycles. The molecule has 1 aromatic rings. The number of nitrogens with one attached hydrogen (secondary N) is 1. The van der Waals surface area contributed by atoms with Crippen molar-refractivity contribution in [2.24, 2.45) is 0 Å². The maximum Gasteiger partial charge on any atom is 0.211 e. The number of aryl methyl sites for hydroxylation is 1. The quantitative estimate of drug-likeness (QED) is 0.710. The Bertz CT molecular complexity index is 483. The van der Waals surface area contributed by atoms with Gasteiger partial charge >= 0.3 is 0 Å². The first kappa shape index (κ1) is 17.1. The van der Waals surface area contributed by atoms with Crippen LogP contribution in [0.1, 0.15) is 31.4 Å². The average molecular weight is 298 g/mol. The van der Waals surface area contributed by atoms with Crippen molar-refractivity contribution in [2.45, 2.75) is 33.2 Å². The van der Waals surface area contributed by atoms with E-state index in [1.807, 2.05) is 6.92 Å². The average Bonchev–Trinajstić information content (AvgIpc) is 2.42. The Morgan fingerprint density at radius 1 is 1.10 bits per heavy atom. The van der Waals surface area contributed by atoms with Crippen LogP contribution in [-0.4, -0.2) is 38.6 Å². The minimum atomic E-state index is -3.06. The fourth-order valence-electron chi connectivity index (χ4n) is 2.06. The van der Waals surface area contributed by atoms with Gasteiger partial charge in [-0.2, -0.15) is 0 Å². The Morgan fingerprint density at radius 2 is 1.70 bits per heavy atom. The first-order valence-electron chi connectivity index (χ1n) is 7.21. The second kappa shape index (κ2) is 8.39. The molecule has 5 heteroatoms. The summed E-state index contributed by atoms with van der Waals surface area (Å²) in [5.74, 6) is 0. The van der Waals surface area contributed by atoms with Crippen LogP contribution in [0.4, 0.5) is 0 Å². The van der Waals surface area contributed by atoms with Crippen molar-refractivity contribution < 1.29 is 8.42 Å². The number of hydrogen-bond acceptors (Lipinski definition) is 3. The van der Waals surface area contributed by atoms with E-state index in [4.69, 9.17) is 0 Å². The van der Waals surface area contributed by atoms with Crippen LogP contribution in [0.25, 0.3) is 0 Å². The summed E-state index contributed by atoms with van der Waals surface area (Å²) in [5, 5.41) is 3.35. The molecular weight excluding hydrogens is 272 g/mol. The van der Waals surface area contributed by atoms with Gasteiger partial charge in [-0.1, -0.05) is 38.1 Å². The van der Waals surface area contributed by atoms with Crippen LogP contribution in [0.2, 0.25) is 0 Å². The Labute approximate surface area is 123 Å². The molecule has 0 radical (unpaired) electrons. The third-order valence-corrected chi connectivity index (χ3v) is 4.72. The van der Waals surface area contributed by atoms with Crippen molar-refractivity contribution in [1.29, 1.82) is 0 Å². The summed E-state index contributed by atoms with van der Waals surface area (Å²) in [4.78, 5) is 0. The summed E-state index contributed by atoms with van der Waals surface area (Å²) in [5.41, 5.74) is 2.61. The van der Waals surface area contributed by atoms with Gasteiger partial charge in [-0.25, -0.2) is 12.7 Å². The fraction of sp³-hybridized carbons (Fsp3) is 0.600. The molecular formula is C15H26N2O2S. The third-order valence-electron chi connectivity index (χ3n) is 3.34.